The smallest absolute Gasteiger partial charge is 0.164 e. The van der Waals surface area contributed by atoms with Crippen LogP contribution in [0.4, 0.5) is 13.2 Å². The summed E-state index contributed by atoms with van der Waals surface area (Å²) >= 11 is 11.5. The molecule has 1 aliphatic heterocycles. The van der Waals surface area contributed by atoms with Gasteiger partial charge in [-0.25, -0.2) is 0 Å². The minimum absolute atomic E-state index is 0.0347. The first-order valence-corrected chi connectivity index (χ1v) is 4.94. The fraction of sp³-hybridized carbons (Fsp3) is 0.625. The highest BCUT2D eigenvalue weighted by molar-refractivity contribution is 6.51. The van der Waals surface area contributed by atoms with E-state index in [1.807, 2.05) is 0 Å². The normalized spacial score (nSPS) is 28.9. The fourth-order valence-electron chi connectivity index (χ4n) is 1.56. The summed E-state index contributed by atoms with van der Waals surface area (Å²) in [4.78, 5) is 0. The Morgan fingerprint density at radius 3 is 2.33 bits per heavy atom. The summed E-state index contributed by atoms with van der Waals surface area (Å²) in [6.07, 6.45) is -4.18. The van der Waals surface area contributed by atoms with Gasteiger partial charge in [-0.3, -0.25) is 0 Å². The number of allylic oxidation sites excluding steroid dienone is 2. The van der Waals surface area contributed by atoms with Crippen LogP contribution in [0.5, 0.6) is 0 Å². The fourth-order valence-corrected chi connectivity index (χ4v) is 2.08. The van der Waals surface area contributed by atoms with Crippen molar-refractivity contribution in [2.45, 2.75) is 23.9 Å². The molecule has 83 valence electrons. The molecule has 2 nitrogen and oxygen atoms in total. The van der Waals surface area contributed by atoms with Crippen molar-refractivity contribution in [3.63, 3.8) is 0 Å². The molecule has 0 aromatic rings. The predicted octanol–water partition coefficient (Wildman–Crippen LogP) is 2.99. The quantitative estimate of drug-likeness (QED) is 0.646. The van der Waals surface area contributed by atoms with Gasteiger partial charge in [-0.2, -0.15) is 18.6 Å². The second kappa shape index (κ2) is 3.04. The van der Waals surface area contributed by atoms with E-state index in [2.05, 4.69) is 10.5 Å². The Kier molecular flexibility index (Phi) is 2.25. The summed E-state index contributed by atoms with van der Waals surface area (Å²) in [5, 5.41) is 3.12. The van der Waals surface area contributed by atoms with Crippen LogP contribution in [0.1, 0.15) is 13.3 Å². The third-order valence-electron chi connectivity index (χ3n) is 2.39. The van der Waals surface area contributed by atoms with Crippen LogP contribution in [-0.4, -0.2) is 16.2 Å². The Bertz CT molecular complexity index is 371. The van der Waals surface area contributed by atoms with Gasteiger partial charge in [0.1, 0.15) is 4.33 Å². The van der Waals surface area contributed by atoms with E-state index in [-0.39, 0.29) is 11.3 Å². The maximum absolute atomic E-state index is 12.5. The van der Waals surface area contributed by atoms with Crippen molar-refractivity contribution in [3.05, 3.63) is 11.3 Å². The standard InChI is InChI=1S/C8H6Cl2F3N2/c1-3-5(4-2-7(4,9)10)6(15-14-3)8(11,12)13/h4H,2H2,1H3. The molecule has 0 aromatic heterocycles. The van der Waals surface area contributed by atoms with Gasteiger partial charge in [0, 0.05) is 11.5 Å². The first-order chi connectivity index (χ1) is 6.73. The molecule has 2 rings (SSSR count). The zero-order chi connectivity index (χ0) is 11.4. The molecule has 1 radical (unpaired) electrons. The van der Waals surface area contributed by atoms with E-state index in [9.17, 15) is 13.2 Å². The third-order valence-corrected chi connectivity index (χ3v) is 3.22. The van der Waals surface area contributed by atoms with Crippen molar-refractivity contribution in [1.29, 1.82) is 0 Å². The number of halogens is 5. The molecule has 1 aliphatic carbocycles. The Morgan fingerprint density at radius 2 is 1.93 bits per heavy atom. The molecule has 1 fully saturated rings. The Labute approximate surface area is 94.1 Å². The van der Waals surface area contributed by atoms with E-state index in [1.54, 1.807) is 0 Å². The maximum atomic E-state index is 12.5. The molecule has 1 saturated carbocycles. The van der Waals surface area contributed by atoms with Gasteiger partial charge in [-0.05, 0) is 13.3 Å². The SMILES string of the molecule is CC1=C(C2CC2(Cl)Cl)C(C(F)(F)F)=N[N]1. The molecule has 2 aliphatic rings. The van der Waals surface area contributed by atoms with Crippen molar-refractivity contribution < 1.29 is 13.2 Å². The molecule has 1 heterocycles. The summed E-state index contributed by atoms with van der Waals surface area (Å²) in [6, 6.07) is 0. The zero-order valence-corrected chi connectivity index (χ0v) is 9.08. The van der Waals surface area contributed by atoms with Crippen LogP contribution in [0.25, 0.3) is 0 Å². The molecule has 0 spiro atoms. The molecule has 1 unspecified atom stereocenters. The van der Waals surface area contributed by atoms with E-state index in [0.29, 0.717) is 6.42 Å². The van der Waals surface area contributed by atoms with Crippen molar-refractivity contribution in [1.82, 2.24) is 5.43 Å². The topological polar surface area (TPSA) is 26.5 Å². The van der Waals surface area contributed by atoms with Crippen molar-refractivity contribution >= 4 is 28.9 Å². The van der Waals surface area contributed by atoms with Gasteiger partial charge in [0.2, 0.25) is 0 Å². The zero-order valence-electron chi connectivity index (χ0n) is 7.57. The summed E-state index contributed by atoms with van der Waals surface area (Å²) in [7, 11) is 0. The minimum atomic E-state index is -4.50. The van der Waals surface area contributed by atoms with Crippen LogP contribution in [0.15, 0.2) is 16.4 Å². The van der Waals surface area contributed by atoms with Crippen LogP contribution >= 0.6 is 23.2 Å². The van der Waals surface area contributed by atoms with Crippen molar-refractivity contribution in [3.8, 4) is 0 Å². The lowest BCUT2D eigenvalue weighted by Crippen LogP contribution is -2.25. The molecule has 0 aromatic carbocycles. The monoisotopic (exact) mass is 257 g/mol. The number of alkyl halides is 5. The first kappa shape index (κ1) is 11.1. The molecule has 0 saturated heterocycles. The Hall–Kier alpha value is -0.420. The summed E-state index contributed by atoms with van der Waals surface area (Å²) in [6.45, 7) is 1.47. The van der Waals surface area contributed by atoms with Gasteiger partial charge in [0.05, 0.1) is 5.70 Å². The van der Waals surface area contributed by atoms with Gasteiger partial charge >= 0.3 is 6.18 Å². The molecule has 0 amide bonds. The van der Waals surface area contributed by atoms with E-state index >= 15 is 0 Å². The van der Waals surface area contributed by atoms with E-state index in [0.717, 1.165) is 0 Å². The van der Waals surface area contributed by atoms with Crippen LogP contribution < -0.4 is 5.43 Å². The largest absolute Gasteiger partial charge is 0.435 e. The number of nitrogens with zero attached hydrogens (tertiary/aromatic N) is 2. The lowest BCUT2D eigenvalue weighted by atomic mass is 10.0. The average Bonchev–Trinajstić information content (AvgIpc) is 2.52. The second-order valence-electron chi connectivity index (χ2n) is 3.56. The molecule has 1 atom stereocenters. The maximum Gasteiger partial charge on any atom is 0.435 e. The van der Waals surface area contributed by atoms with Gasteiger partial charge in [-0.1, -0.05) is 0 Å². The van der Waals surface area contributed by atoms with Gasteiger partial charge in [0.25, 0.3) is 0 Å². The molecule has 0 bridgehead atoms. The van der Waals surface area contributed by atoms with Crippen LogP contribution in [0.2, 0.25) is 0 Å². The Morgan fingerprint density at radius 1 is 1.40 bits per heavy atom. The molecule has 7 heteroatoms. The molecular weight excluding hydrogens is 252 g/mol. The van der Waals surface area contributed by atoms with Crippen molar-refractivity contribution in [2.24, 2.45) is 11.0 Å². The van der Waals surface area contributed by atoms with Gasteiger partial charge < -0.3 is 0 Å². The third kappa shape index (κ3) is 1.83. The van der Waals surface area contributed by atoms with Crippen LogP contribution in [0, 0.1) is 5.92 Å². The number of hydrogen-bond acceptors (Lipinski definition) is 1. The molecule has 0 N–H and O–H groups in total. The van der Waals surface area contributed by atoms with E-state index in [4.69, 9.17) is 23.2 Å². The minimum Gasteiger partial charge on any atom is -0.164 e. The summed E-state index contributed by atoms with van der Waals surface area (Å²) < 4.78 is 36.4. The van der Waals surface area contributed by atoms with Gasteiger partial charge in [-0.15, -0.1) is 28.3 Å². The van der Waals surface area contributed by atoms with Crippen LogP contribution in [0.3, 0.4) is 0 Å². The second-order valence-corrected chi connectivity index (χ2v) is 5.11. The highest BCUT2D eigenvalue weighted by Gasteiger charge is 2.59. The van der Waals surface area contributed by atoms with Gasteiger partial charge in [0.15, 0.2) is 5.71 Å². The highest BCUT2D eigenvalue weighted by Crippen LogP contribution is 2.58. The predicted molar refractivity (Wildman–Crippen MR) is 50.9 cm³/mol. The number of hydrogen-bond donors (Lipinski definition) is 0. The summed E-state index contributed by atoms with van der Waals surface area (Å²) in [5.74, 6) is -0.507. The van der Waals surface area contributed by atoms with E-state index < -0.39 is 22.1 Å². The van der Waals surface area contributed by atoms with Crippen molar-refractivity contribution in [2.75, 3.05) is 0 Å². The lowest BCUT2D eigenvalue weighted by molar-refractivity contribution is -0.0584. The highest BCUT2D eigenvalue weighted by atomic mass is 35.5. The van der Waals surface area contributed by atoms with E-state index in [1.165, 1.54) is 6.92 Å². The average molecular weight is 258 g/mol. The summed E-state index contributed by atoms with van der Waals surface area (Å²) in [5.41, 5.74) is 2.74. The molecular formula is C8H6Cl2F3N2. The first-order valence-electron chi connectivity index (χ1n) is 4.18. The van der Waals surface area contributed by atoms with Crippen LogP contribution in [-0.2, 0) is 0 Å². The lowest BCUT2D eigenvalue weighted by Gasteiger charge is -2.09. The number of rotatable bonds is 1. The molecule has 15 heavy (non-hydrogen) atoms. The Balaban J connectivity index is 2.31.